The molecule has 1 aliphatic heterocycles. The molecule has 0 aromatic heterocycles. The number of carbonyl (C=O) groups is 3. The molecule has 0 spiro atoms. The van der Waals surface area contributed by atoms with Crippen LogP contribution in [-0.2, 0) is 9.53 Å². The Labute approximate surface area is 140 Å². The van der Waals surface area contributed by atoms with Crippen LogP contribution in [0.2, 0.25) is 0 Å². The van der Waals surface area contributed by atoms with Crippen LogP contribution in [0.5, 0.6) is 0 Å². The summed E-state index contributed by atoms with van der Waals surface area (Å²) < 4.78 is 19.0. The Hall–Kier alpha value is -2.24. The largest absolute Gasteiger partial charge is 0.444 e. The molecule has 0 radical (unpaired) electrons. The molecule has 0 bridgehead atoms. The highest BCUT2D eigenvalue weighted by Gasteiger charge is 2.33. The summed E-state index contributed by atoms with van der Waals surface area (Å²) in [5.74, 6) is -1.75. The lowest BCUT2D eigenvalue weighted by atomic mass is 9.90. The van der Waals surface area contributed by atoms with Crippen LogP contribution >= 0.6 is 0 Å². The SMILES string of the molecule is CC(C)(C)OC(=O)N1CCC(=O)C(CC(=O)c2ccccc2F)C1. The summed E-state index contributed by atoms with van der Waals surface area (Å²) in [7, 11) is 0. The Kier molecular flexibility index (Phi) is 5.36. The number of likely N-dealkylation sites (tertiary alicyclic amines) is 1. The van der Waals surface area contributed by atoms with Crippen LogP contribution in [-0.4, -0.2) is 41.3 Å². The van der Waals surface area contributed by atoms with E-state index in [0.717, 1.165) is 0 Å². The molecular formula is C18H22FNO4. The second-order valence-corrected chi connectivity index (χ2v) is 6.95. The van der Waals surface area contributed by atoms with E-state index in [-0.39, 0.29) is 37.3 Å². The van der Waals surface area contributed by atoms with Gasteiger partial charge in [-0.2, -0.15) is 0 Å². The van der Waals surface area contributed by atoms with Crippen LogP contribution in [0.1, 0.15) is 44.0 Å². The highest BCUT2D eigenvalue weighted by Crippen LogP contribution is 2.22. The Morgan fingerprint density at radius 2 is 1.96 bits per heavy atom. The molecule has 0 saturated carbocycles. The number of hydrogen-bond acceptors (Lipinski definition) is 4. The van der Waals surface area contributed by atoms with E-state index in [0.29, 0.717) is 0 Å². The van der Waals surface area contributed by atoms with Gasteiger partial charge in [0.15, 0.2) is 5.78 Å². The molecule has 1 heterocycles. The normalized spacial score (nSPS) is 18.4. The molecule has 1 fully saturated rings. The fourth-order valence-corrected chi connectivity index (χ4v) is 2.60. The summed E-state index contributed by atoms with van der Waals surface area (Å²) in [5.41, 5.74) is -0.656. The minimum absolute atomic E-state index is 0.0281. The molecule has 2 rings (SSSR count). The number of piperidine rings is 1. The first-order chi connectivity index (χ1) is 11.2. The molecule has 24 heavy (non-hydrogen) atoms. The van der Waals surface area contributed by atoms with Crippen molar-refractivity contribution in [2.24, 2.45) is 5.92 Å². The van der Waals surface area contributed by atoms with Crippen LogP contribution in [0.25, 0.3) is 0 Å². The van der Waals surface area contributed by atoms with Crippen LogP contribution < -0.4 is 0 Å². The number of hydrogen-bond donors (Lipinski definition) is 0. The maximum atomic E-state index is 13.7. The third-order valence-electron chi connectivity index (χ3n) is 3.78. The second-order valence-electron chi connectivity index (χ2n) is 6.95. The Balaban J connectivity index is 2.04. The minimum Gasteiger partial charge on any atom is -0.444 e. The molecule has 0 N–H and O–H groups in total. The van der Waals surface area contributed by atoms with Gasteiger partial charge in [-0.15, -0.1) is 0 Å². The zero-order chi connectivity index (χ0) is 17.9. The number of rotatable bonds is 3. The highest BCUT2D eigenvalue weighted by atomic mass is 19.1. The summed E-state index contributed by atoms with van der Waals surface area (Å²) in [6.45, 7) is 5.68. The van der Waals surface area contributed by atoms with E-state index in [2.05, 4.69) is 0 Å². The predicted molar refractivity (Wildman–Crippen MR) is 86.3 cm³/mol. The van der Waals surface area contributed by atoms with Gasteiger partial charge in [0.25, 0.3) is 0 Å². The van der Waals surface area contributed by atoms with E-state index in [1.54, 1.807) is 26.8 Å². The monoisotopic (exact) mass is 335 g/mol. The standard InChI is InChI=1S/C18H22FNO4/c1-18(2,3)24-17(23)20-9-8-15(21)12(11-20)10-16(22)13-6-4-5-7-14(13)19/h4-7,12H,8-11H2,1-3H3. The number of nitrogens with zero attached hydrogens (tertiary/aromatic N) is 1. The van der Waals surface area contributed by atoms with Crippen molar-refractivity contribution in [3.8, 4) is 0 Å². The van der Waals surface area contributed by atoms with Crippen molar-refractivity contribution in [1.82, 2.24) is 4.90 Å². The summed E-state index contributed by atoms with van der Waals surface area (Å²) in [6, 6.07) is 5.69. The van der Waals surface area contributed by atoms with Crippen LogP contribution in [0, 0.1) is 11.7 Å². The van der Waals surface area contributed by atoms with Gasteiger partial charge >= 0.3 is 6.09 Å². The van der Waals surface area contributed by atoms with Crippen molar-refractivity contribution < 1.29 is 23.5 Å². The third kappa shape index (κ3) is 4.63. The molecule has 1 atom stereocenters. The molecule has 1 aromatic rings. The van der Waals surface area contributed by atoms with Gasteiger partial charge in [-0.3, -0.25) is 9.59 Å². The summed E-state index contributed by atoms with van der Waals surface area (Å²) in [4.78, 5) is 37.9. The topological polar surface area (TPSA) is 63.7 Å². The lowest BCUT2D eigenvalue weighted by molar-refractivity contribution is -0.125. The molecule has 5 nitrogen and oxygen atoms in total. The Bertz CT molecular complexity index is 651. The van der Waals surface area contributed by atoms with E-state index < -0.39 is 29.2 Å². The highest BCUT2D eigenvalue weighted by molar-refractivity contribution is 5.99. The lowest BCUT2D eigenvalue weighted by Crippen LogP contribution is -2.46. The number of amides is 1. The first kappa shape index (κ1) is 18.1. The number of benzene rings is 1. The fraction of sp³-hybridized carbons (Fsp3) is 0.500. The molecule has 1 saturated heterocycles. The minimum atomic E-state index is -0.628. The molecule has 130 valence electrons. The van der Waals surface area contributed by atoms with Gasteiger partial charge < -0.3 is 9.64 Å². The van der Waals surface area contributed by atoms with Crippen LogP contribution in [0.4, 0.5) is 9.18 Å². The molecule has 6 heteroatoms. The molecule has 0 aliphatic carbocycles. The van der Waals surface area contributed by atoms with Gasteiger partial charge in [-0.1, -0.05) is 12.1 Å². The average Bonchev–Trinajstić information content (AvgIpc) is 2.48. The van der Waals surface area contributed by atoms with Crippen molar-refractivity contribution in [2.45, 2.75) is 39.2 Å². The quantitative estimate of drug-likeness (QED) is 0.796. The van der Waals surface area contributed by atoms with Gasteiger partial charge in [-0.05, 0) is 32.9 Å². The Morgan fingerprint density at radius 1 is 1.29 bits per heavy atom. The van der Waals surface area contributed by atoms with Crippen molar-refractivity contribution in [2.75, 3.05) is 13.1 Å². The van der Waals surface area contributed by atoms with Crippen LogP contribution in [0.3, 0.4) is 0 Å². The van der Waals surface area contributed by atoms with Crippen molar-refractivity contribution in [3.63, 3.8) is 0 Å². The fourth-order valence-electron chi connectivity index (χ4n) is 2.60. The molecular weight excluding hydrogens is 313 g/mol. The lowest BCUT2D eigenvalue weighted by Gasteiger charge is -2.33. The average molecular weight is 335 g/mol. The van der Waals surface area contributed by atoms with Crippen LogP contribution in [0.15, 0.2) is 24.3 Å². The first-order valence-corrected chi connectivity index (χ1v) is 7.96. The number of ketones is 2. The number of ether oxygens (including phenoxy) is 1. The zero-order valence-corrected chi connectivity index (χ0v) is 14.2. The summed E-state index contributed by atoms with van der Waals surface area (Å²) in [6.07, 6.45) is -0.439. The van der Waals surface area contributed by atoms with E-state index in [9.17, 15) is 18.8 Å². The zero-order valence-electron chi connectivity index (χ0n) is 14.2. The van der Waals surface area contributed by atoms with E-state index in [1.807, 2.05) is 0 Å². The third-order valence-corrected chi connectivity index (χ3v) is 3.78. The first-order valence-electron chi connectivity index (χ1n) is 7.96. The van der Waals surface area contributed by atoms with E-state index in [1.165, 1.54) is 23.1 Å². The van der Waals surface area contributed by atoms with Crippen molar-refractivity contribution >= 4 is 17.7 Å². The van der Waals surface area contributed by atoms with Gasteiger partial charge in [0.1, 0.15) is 17.2 Å². The number of carbonyl (C=O) groups excluding carboxylic acids is 3. The van der Waals surface area contributed by atoms with Crippen molar-refractivity contribution in [3.05, 3.63) is 35.6 Å². The van der Waals surface area contributed by atoms with Gasteiger partial charge in [-0.25, -0.2) is 9.18 Å². The molecule has 1 amide bonds. The predicted octanol–water partition coefficient (Wildman–Crippen LogP) is 3.22. The smallest absolute Gasteiger partial charge is 0.410 e. The maximum absolute atomic E-state index is 13.7. The van der Waals surface area contributed by atoms with Gasteiger partial charge in [0.05, 0.1) is 5.56 Å². The van der Waals surface area contributed by atoms with E-state index in [4.69, 9.17) is 4.74 Å². The molecule has 1 aromatic carbocycles. The van der Waals surface area contributed by atoms with Gasteiger partial charge in [0.2, 0.25) is 0 Å². The van der Waals surface area contributed by atoms with E-state index >= 15 is 0 Å². The Morgan fingerprint density at radius 3 is 2.58 bits per heavy atom. The number of Topliss-reactive ketones (excluding diaryl/α,β-unsaturated/α-hetero) is 2. The molecule has 1 unspecified atom stereocenters. The second kappa shape index (κ2) is 7.11. The van der Waals surface area contributed by atoms with Gasteiger partial charge in [0, 0.05) is 31.8 Å². The molecule has 1 aliphatic rings. The number of halogens is 1. The van der Waals surface area contributed by atoms with Crippen molar-refractivity contribution in [1.29, 1.82) is 0 Å². The maximum Gasteiger partial charge on any atom is 0.410 e. The summed E-state index contributed by atoms with van der Waals surface area (Å²) >= 11 is 0. The summed E-state index contributed by atoms with van der Waals surface area (Å²) in [5, 5.41) is 0.